The number of anilines is 1. The number of carbonyl (C=O) groups is 3. The number of carbonyl (C=O) groups excluding carboxylic acids is 2. The lowest BCUT2D eigenvalue weighted by atomic mass is 9.85. The first-order valence-corrected chi connectivity index (χ1v) is 13.7. The summed E-state index contributed by atoms with van der Waals surface area (Å²) in [7, 11) is 0. The second kappa shape index (κ2) is 12.7. The molecule has 0 radical (unpaired) electrons. The van der Waals surface area contributed by atoms with E-state index in [1.807, 2.05) is 66.7 Å². The highest BCUT2D eigenvalue weighted by atomic mass is 16.4. The summed E-state index contributed by atoms with van der Waals surface area (Å²) in [5, 5.41) is 12.5. The standard InChI is InChI=1S/C34H33N3O4/c35-30(33(39)32-29-9-5-4-8-27(29)21-31(36-32)34(40)41)20-24-12-16-28(17-13-24)37(22-38)19-18-23-10-14-26(15-11-23)25-6-2-1-3-7-25/h1-17,22,30-32,36H,18-21,35H2,(H,40,41)/t30-,31?,32?/m0/s1. The molecular weight excluding hydrogens is 514 g/mol. The maximum atomic E-state index is 13.3. The van der Waals surface area contributed by atoms with Gasteiger partial charge in [-0.25, -0.2) is 0 Å². The van der Waals surface area contributed by atoms with Crippen LogP contribution in [0.25, 0.3) is 11.1 Å². The van der Waals surface area contributed by atoms with E-state index in [0.29, 0.717) is 25.8 Å². The van der Waals surface area contributed by atoms with E-state index in [-0.39, 0.29) is 5.78 Å². The molecule has 0 aromatic heterocycles. The van der Waals surface area contributed by atoms with Gasteiger partial charge in [0.25, 0.3) is 0 Å². The van der Waals surface area contributed by atoms with Crippen LogP contribution in [0.3, 0.4) is 0 Å². The van der Waals surface area contributed by atoms with Crippen molar-refractivity contribution in [3.63, 3.8) is 0 Å². The molecule has 41 heavy (non-hydrogen) atoms. The summed E-state index contributed by atoms with van der Waals surface area (Å²) in [4.78, 5) is 38.5. The van der Waals surface area contributed by atoms with E-state index < -0.39 is 24.1 Å². The number of ketones is 1. The summed E-state index contributed by atoms with van der Waals surface area (Å²) in [6, 6.07) is 31.0. The lowest BCUT2D eigenvalue weighted by molar-refractivity contribution is -0.140. The molecule has 4 aromatic rings. The Kier molecular flexibility index (Phi) is 8.67. The highest BCUT2D eigenvalue weighted by Crippen LogP contribution is 2.27. The van der Waals surface area contributed by atoms with Gasteiger partial charge in [0.05, 0.1) is 12.1 Å². The van der Waals surface area contributed by atoms with E-state index in [2.05, 4.69) is 41.7 Å². The van der Waals surface area contributed by atoms with Gasteiger partial charge in [-0.15, -0.1) is 0 Å². The first kappa shape index (κ1) is 28.0. The summed E-state index contributed by atoms with van der Waals surface area (Å²) in [5.41, 5.74) is 13.0. The van der Waals surface area contributed by atoms with E-state index in [9.17, 15) is 19.5 Å². The van der Waals surface area contributed by atoms with Crippen LogP contribution in [0.5, 0.6) is 0 Å². The third-order valence-corrected chi connectivity index (χ3v) is 7.66. The van der Waals surface area contributed by atoms with Gasteiger partial charge in [0.2, 0.25) is 6.41 Å². The molecule has 1 aliphatic rings. The maximum absolute atomic E-state index is 13.3. The van der Waals surface area contributed by atoms with E-state index >= 15 is 0 Å². The lowest BCUT2D eigenvalue weighted by Crippen LogP contribution is -2.51. The van der Waals surface area contributed by atoms with Crippen LogP contribution in [0.4, 0.5) is 5.69 Å². The number of nitrogens with zero attached hydrogens (tertiary/aromatic N) is 1. The number of hydrogen-bond acceptors (Lipinski definition) is 5. The summed E-state index contributed by atoms with van der Waals surface area (Å²) in [6.07, 6.45) is 2.15. The number of Topliss-reactive ketones (excluding diaryl/α,β-unsaturated/α-hetero) is 1. The predicted molar refractivity (Wildman–Crippen MR) is 160 cm³/mol. The molecule has 7 heteroatoms. The first-order valence-electron chi connectivity index (χ1n) is 13.7. The second-order valence-corrected chi connectivity index (χ2v) is 10.4. The van der Waals surface area contributed by atoms with Crippen LogP contribution in [0, 0.1) is 0 Å². The number of aliphatic carboxylic acids is 1. The van der Waals surface area contributed by atoms with Gasteiger partial charge < -0.3 is 15.7 Å². The van der Waals surface area contributed by atoms with Gasteiger partial charge in [-0.2, -0.15) is 0 Å². The molecule has 208 valence electrons. The molecule has 7 nitrogen and oxygen atoms in total. The fourth-order valence-electron chi connectivity index (χ4n) is 5.34. The van der Waals surface area contributed by atoms with Crippen LogP contribution < -0.4 is 16.0 Å². The molecule has 0 saturated carbocycles. The molecule has 0 bridgehead atoms. The predicted octanol–water partition coefficient (Wildman–Crippen LogP) is 4.34. The van der Waals surface area contributed by atoms with Crippen molar-refractivity contribution in [3.8, 4) is 11.1 Å². The number of amides is 1. The van der Waals surface area contributed by atoms with Crippen molar-refractivity contribution in [3.05, 3.63) is 125 Å². The number of fused-ring (bicyclic) bond motifs is 1. The van der Waals surface area contributed by atoms with E-state index in [1.165, 1.54) is 5.56 Å². The Balaban J connectivity index is 1.19. The highest BCUT2D eigenvalue weighted by Gasteiger charge is 2.35. The van der Waals surface area contributed by atoms with Gasteiger partial charge in [-0.3, -0.25) is 19.7 Å². The second-order valence-electron chi connectivity index (χ2n) is 10.4. The van der Waals surface area contributed by atoms with Crippen LogP contribution in [0.15, 0.2) is 103 Å². The summed E-state index contributed by atoms with van der Waals surface area (Å²) in [5.74, 6) is -1.24. The molecule has 1 heterocycles. The van der Waals surface area contributed by atoms with Crippen LogP contribution in [-0.2, 0) is 33.6 Å². The topological polar surface area (TPSA) is 113 Å². The minimum Gasteiger partial charge on any atom is -0.480 e. The molecule has 4 aromatic carbocycles. The van der Waals surface area contributed by atoms with Gasteiger partial charge >= 0.3 is 5.97 Å². The van der Waals surface area contributed by atoms with Crippen LogP contribution in [0.2, 0.25) is 0 Å². The zero-order valence-electron chi connectivity index (χ0n) is 22.6. The van der Waals surface area contributed by atoms with Gasteiger partial charge in [0, 0.05) is 12.2 Å². The molecular formula is C34H33N3O4. The molecule has 0 spiro atoms. The molecule has 1 amide bonds. The van der Waals surface area contributed by atoms with Crippen molar-refractivity contribution < 1.29 is 19.5 Å². The number of benzene rings is 4. The number of carboxylic acids is 1. The molecule has 0 fully saturated rings. The molecule has 1 aliphatic heterocycles. The Labute approximate surface area is 239 Å². The van der Waals surface area contributed by atoms with Crippen molar-refractivity contribution in [1.29, 1.82) is 0 Å². The maximum Gasteiger partial charge on any atom is 0.321 e. The molecule has 2 unspecified atom stereocenters. The van der Waals surface area contributed by atoms with Crippen molar-refractivity contribution in [2.45, 2.75) is 37.4 Å². The largest absolute Gasteiger partial charge is 0.480 e. The Morgan fingerprint density at radius 2 is 1.51 bits per heavy atom. The number of nitrogens with two attached hydrogens (primary N) is 1. The molecule has 0 saturated heterocycles. The van der Waals surface area contributed by atoms with Crippen molar-refractivity contribution >= 4 is 23.9 Å². The molecule has 4 N–H and O–H groups in total. The SMILES string of the molecule is N[C@@H](Cc1ccc(N(C=O)CCc2ccc(-c3ccccc3)cc2)cc1)C(=O)C1NC(C(=O)O)Cc2ccccc21. The third-order valence-electron chi connectivity index (χ3n) is 7.66. The molecule has 3 atom stereocenters. The molecule has 5 rings (SSSR count). The minimum absolute atomic E-state index is 0.250. The fourth-order valence-corrected chi connectivity index (χ4v) is 5.34. The van der Waals surface area contributed by atoms with Gasteiger partial charge in [0.15, 0.2) is 5.78 Å². The van der Waals surface area contributed by atoms with Crippen LogP contribution >= 0.6 is 0 Å². The number of rotatable bonds is 11. The number of nitrogens with one attached hydrogen (secondary N) is 1. The minimum atomic E-state index is -0.995. The highest BCUT2D eigenvalue weighted by molar-refractivity contribution is 5.92. The van der Waals surface area contributed by atoms with Gasteiger partial charge in [-0.1, -0.05) is 91.0 Å². The zero-order valence-corrected chi connectivity index (χ0v) is 22.6. The average Bonchev–Trinajstić information content (AvgIpc) is 3.01. The quantitative estimate of drug-likeness (QED) is 0.241. The zero-order chi connectivity index (χ0) is 28.8. The summed E-state index contributed by atoms with van der Waals surface area (Å²) in [6.45, 7) is 0.531. The Hall–Kier alpha value is -4.59. The van der Waals surface area contributed by atoms with E-state index in [0.717, 1.165) is 39.9 Å². The van der Waals surface area contributed by atoms with Crippen molar-refractivity contribution in [2.24, 2.45) is 5.73 Å². The third kappa shape index (κ3) is 6.60. The van der Waals surface area contributed by atoms with Crippen LogP contribution in [0.1, 0.15) is 28.3 Å². The molecule has 0 aliphatic carbocycles. The van der Waals surface area contributed by atoms with Crippen molar-refractivity contribution in [1.82, 2.24) is 5.32 Å². The van der Waals surface area contributed by atoms with E-state index in [4.69, 9.17) is 5.73 Å². The summed E-state index contributed by atoms with van der Waals surface area (Å²) < 4.78 is 0. The Bertz CT molecular complexity index is 1500. The average molecular weight is 548 g/mol. The van der Waals surface area contributed by atoms with E-state index in [1.54, 1.807) is 4.90 Å². The smallest absolute Gasteiger partial charge is 0.321 e. The van der Waals surface area contributed by atoms with Crippen LogP contribution in [-0.4, -0.2) is 41.9 Å². The van der Waals surface area contributed by atoms with Crippen molar-refractivity contribution in [2.75, 3.05) is 11.4 Å². The monoisotopic (exact) mass is 547 g/mol. The number of hydrogen-bond donors (Lipinski definition) is 3. The summed E-state index contributed by atoms with van der Waals surface area (Å²) >= 11 is 0. The Morgan fingerprint density at radius 1 is 0.878 bits per heavy atom. The lowest BCUT2D eigenvalue weighted by Gasteiger charge is -2.31. The first-order chi connectivity index (χ1) is 19.9. The fraction of sp³-hybridized carbons (Fsp3) is 0.206. The van der Waals surface area contributed by atoms with Gasteiger partial charge in [-0.05, 0) is 64.8 Å². The Morgan fingerprint density at radius 3 is 2.20 bits per heavy atom. The normalized spacial score (nSPS) is 16.8. The number of carboxylic acid groups (broad SMARTS) is 1. The van der Waals surface area contributed by atoms with Gasteiger partial charge in [0.1, 0.15) is 6.04 Å².